The van der Waals surface area contributed by atoms with Gasteiger partial charge in [0.2, 0.25) is 0 Å². The fourth-order valence-electron chi connectivity index (χ4n) is 1.48. The predicted octanol–water partition coefficient (Wildman–Crippen LogP) is 2.86. The van der Waals surface area contributed by atoms with Crippen LogP contribution in [0.3, 0.4) is 0 Å². The summed E-state index contributed by atoms with van der Waals surface area (Å²) in [7, 11) is 6.46. The summed E-state index contributed by atoms with van der Waals surface area (Å²) in [6, 6.07) is 0.649. The zero-order chi connectivity index (χ0) is 12.7. The maximum Gasteiger partial charge on any atom is 0.0109 e. The quantitative estimate of drug-likeness (QED) is 0.587. The summed E-state index contributed by atoms with van der Waals surface area (Å²) in [5.74, 6) is 0.624. The summed E-state index contributed by atoms with van der Waals surface area (Å²) >= 11 is 0. The Kier molecular flexibility index (Phi) is 7.69. The van der Waals surface area contributed by atoms with Gasteiger partial charge in [0.15, 0.2) is 0 Å². The van der Waals surface area contributed by atoms with Gasteiger partial charge in [-0.2, -0.15) is 0 Å². The Morgan fingerprint density at radius 1 is 1.06 bits per heavy atom. The van der Waals surface area contributed by atoms with Crippen LogP contribution in [0.15, 0.2) is 12.2 Å². The number of allylic oxidation sites excluding steroid dienone is 1. The zero-order valence-electron chi connectivity index (χ0n) is 12.1. The molecule has 0 radical (unpaired) electrons. The molecule has 0 aliphatic rings. The lowest BCUT2D eigenvalue weighted by Crippen LogP contribution is -2.35. The van der Waals surface area contributed by atoms with Gasteiger partial charge in [0.1, 0.15) is 0 Å². The first-order chi connectivity index (χ1) is 7.34. The molecular formula is C14H30N2. The molecule has 1 unspecified atom stereocenters. The molecule has 96 valence electrons. The minimum absolute atomic E-state index is 0.624. The third kappa shape index (κ3) is 7.02. The van der Waals surface area contributed by atoms with E-state index in [0.717, 1.165) is 19.5 Å². The van der Waals surface area contributed by atoms with Crippen LogP contribution in [0.5, 0.6) is 0 Å². The van der Waals surface area contributed by atoms with Crippen molar-refractivity contribution in [3.63, 3.8) is 0 Å². The molecule has 0 amide bonds. The van der Waals surface area contributed by atoms with Gasteiger partial charge in [0.05, 0.1) is 0 Å². The highest BCUT2D eigenvalue weighted by molar-refractivity contribution is 4.97. The Morgan fingerprint density at radius 2 is 1.62 bits per heavy atom. The highest BCUT2D eigenvalue weighted by Gasteiger charge is 2.10. The van der Waals surface area contributed by atoms with Gasteiger partial charge in [-0.3, -0.25) is 0 Å². The summed E-state index contributed by atoms with van der Waals surface area (Å²) in [4.78, 5) is 4.67. The largest absolute Gasteiger partial charge is 0.308 e. The van der Waals surface area contributed by atoms with E-state index in [1.54, 1.807) is 0 Å². The second kappa shape index (κ2) is 7.86. The molecule has 0 aromatic carbocycles. The minimum atomic E-state index is 0.624. The van der Waals surface area contributed by atoms with Crippen LogP contribution in [0, 0.1) is 5.92 Å². The summed E-state index contributed by atoms with van der Waals surface area (Å²) in [5, 5.41) is 0. The topological polar surface area (TPSA) is 6.48 Å². The SMILES string of the molecule is C=C(CCC(C)N(C)CCN(C)C)C(C)C. The molecule has 0 bridgehead atoms. The molecule has 0 N–H and O–H groups in total. The molecule has 0 aliphatic carbocycles. The lowest BCUT2D eigenvalue weighted by molar-refractivity contribution is 0.220. The van der Waals surface area contributed by atoms with Crippen LogP contribution in [0.1, 0.15) is 33.6 Å². The molecule has 1 atom stereocenters. The predicted molar refractivity (Wildman–Crippen MR) is 73.9 cm³/mol. The van der Waals surface area contributed by atoms with Crippen LogP contribution in [0.2, 0.25) is 0 Å². The molecule has 0 aromatic rings. The van der Waals surface area contributed by atoms with E-state index >= 15 is 0 Å². The van der Waals surface area contributed by atoms with Crippen molar-refractivity contribution in [1.82, 2.24) is 9.80 Å². The fraction of sp³-hybridized carbons (Fsp3) is 0.857. The molecule has 0 saturated carbocycles. The Hall–Kier alpha value is -0.340. The van der Waals surface area contributed by atoms with Crippen LogP contribution >= 0.6 is 0 Å². The van der Waals surface area contributed by atoms with E-state index in [-0.39, 0.29) is 0 Å². The van der Waals surface area contributed by atoms with Crippen LogP contribution in [-0.2, 0) is 0 Å². The summed E-state index contributed by atoms with van der Waals surface area (Å²) < 4.78 is 0. The maximum atomic E-state index is 4.13. The lowest BCUT2D eigenvalue weighted by Gasteiger charge is -2.26. The molecule has 0 heterocycles. The van der Waals surface area contributed by atoms with Gasteiger partial charge >= 0.3 is 0 Å². The normalized spacial score (nSPS) is 13.8. The van der Waals surface area contributed by atoms with Gasteiger partial charge in [-0.15, -0.1) is 0 Å². The molecule has 0 fully saturated rings. The summed E-state index contributed by atoms with van der Waals surface area (Å²) in [6.45, 7) is 13.2. The van der Waals surface area contributed by atoms with Crippen molar-refractivity contribution in [1.29, 1.82) is 0 Å². The van der Waals surface area contributed by atoms with Gasteiger partial charge < -0.3 is 9.80 Å². The first-order valence-electron chi connectivity index (χ1n) is 6.37. The van der Waals surface area contributed by atoms with Crippen LogP contribution in [0.4, 0.5) is 0 Å². The van der Waals surface area contributed by atoms with Crippen molar-refractivity contribution < 1.29 is 0 Å². The smallest absolute Gasteiger partial charge is 0.0109 e. The molecule has 0 saturated heterocycles. The average molecular weight is 226 g/mol. The molecule has 2 nitrogen and oxygen atoms in total. The van der Waals surface area contributed by atoms with E-state index in [1.165, 1.54) is 12.0 Å². The lowest BCUT2D eigenvalue weighted by atomic mass is 9.98. The minimum Gasteiger partial charge on any atom is -0.308 e. The molecule has 2 heteroatoms. The first kappa shape index (κ1) is 15.7. The monoisotopic (exact) mass is 226 g/mol. The molecule has 16 heavy (non-hydrogen) atoms. The summed E-state index contributed by atoms with van der Waals surface area (Å²) in [6.07, 6.45) is 2.38. The van der Waals surface area contributed by atoms with Gasteiger partial charge in [-0.1, -0.05) is 26.0 Å². The van der Waals surface area contributed by atoms with Gasteiger partial charge in [-0.05, 0) is 46.8 Å². The van der Waals surface area contributed by atoms with Crippen molar-refractivity contribution in [3.05, 3.63) is 12.2 Å². The molecule has 0 aliphatic heterocycles. The van der Waals surface area contributed by atoms with Crippen molar-refractivity contribution in [2.24, 2.45) is 5.92 Å². The van der Waals surface area contributed by atoms with Crippen molar-refractivity contribution in [2.45, 2.75) is 39.7 Å². The standard InChI is InChI=1S/C14H30N2/c1-12(2)13(3)8-9-14(4)16(7)11-10-15(5)6/h12,14H,3,8-11H2,1-2,4-7H3. The zero-order valence-corrected chi connectivity index (χ0v) is 12.1. The molecule has 0 spiro atoms. The van der Waals surface area contributed by atoms with E-state index in [9.17, 15) is 0 Å². The van der Waals surface area contributed by atoms with E-state index in [4.69, 9.17) is 0 Å². The van der Waals surface area contributed by atoms with Crippen LogP contribution in [-0.4, -0.2) is 50.1 Å². The number of nitrogens with zero attached hydrogens (tertiary/aromatic N) is 2. The van der Waals surface area contributed by atoms with E-state index in [0.29, 0.717) is 12.0 Å². The van der Waals surface area contributed by atoms with E-state index in [2.05, 4.69) is 58.3 Å². The van der Waals surface area contributed by atoms with Crippen LogP contribution in [0.25, 0.3) is 0 Å². The second-order valence-corrected chi connectivity index (χ2v) is 5.48. The highest BCUT2D eigenvalue weighted by atomic mass is 15.2. The number of hydrogen-bond donors (Lipinski definition) is 0. The van der Waals surface area contributed by atoms with Gasteiger partial charge in [0, 0.05) is 19.1 Å². The third-order valence-corrected chi connectivity index (χ3v) is 3.35. The molecule has 0 aromatic heterocycles. The Labute approximate surface area is 102 Å². The van der Waals surface area contributed by atoms with Crippen molar-refractivity contribution in [2.75, 3.05) is 34.2 Å². The number of hydrogen-bond acceptors (Lipinski definition) is 2. The highest BCUT2D eigenvalue weighted by Crippen LogP contribution is 2.16. The molecular weight excluding hydrogens is 196 g/mol. The van der Waals surface area contributed by atoms with E-state index in [1.807, 2.05) is 0 Å². The maximum absolute atomic E-state index is 4.13. The van der Waals surface area contributed by atoms with Gasteiger partial charge in [0.25, 0.3) is 0 Å². The fourth-order valence-corrected chi connectivity index (χ4v) is 1.48. The second-order valence-electron chi connectivity index (χ2n) is 5.48. The third-order valence-electron chi connectivity index (χ3n) is 3.35. The molecule has 0 rings (SSSR count). The Balaban J connectivity index is 3.78. The van der Waals surface area contributed by atoms with Crippen molar-refractivity contribution >= 4 is 0 Å². The summed E-state index contributed by atoms with van der Waals surface area (Å²) in [5.41, 5.74) is 1.38. The first-order valence-corrected chi connectivity index (χ1v) is 6.37. The van der Waals surface area contributed by atoms with Crippen LogP contribution < -0.4 is 0 Å². The van der Waals surface area contributed by atoms with Crippen molar-refractivity contribution in [3.8, 4) is 0 Å². The van der Waals surface area contributed by atoms with E-state index < -0.39 is 0 Å². The Morgan fingerprint density at radius 3 is 2.06 bits per heavy atom. The average Bonchev–Trinajstić information content (AvgIpc) is 2.21. The Bertz CT molecular complexity index is 197. The number of rotatable bonds is 8. The number of likely N-dealkylation sites (N-methyl/N-ethyl adjacent to an activating group) is 2. The van der Waals surface area contributed by atoms with Gasteiger partial charge in [-0.25, -0.2) is 0 Å².